The average Bonchev–Trinajstić information content (AvgIpc) is 2.43. The van der Waals surface area contributed by atoms with Crippen LogP contribution in [0.2, 0.25) is 0 Å². The fourth-order valence-electron chi connectivity index (χ4n) is 2.18. The minimum atomic E-state index is -0.163. The molecule has 0 spiro atoms. The number of hydrogen-bond acceptors (Lipinski definition) is 6. The maximum absolute atomic E-state index is 5.39. The number of aliphatic imine (C=N–C) groups is 1. The highest BCUT2D eigenvalue weighted by Crippen LogP contribution is 2.01. The Balaban J connectivity index is 4.22. The summed E-state index contributed by atoms with van der Waals surface area (Å²) in [5.41, 5.74) is -0.163. The lowest BCUT2D eigenvalue weighted by Gasteiger charge is -2.35. The Morgan fingerprint density at radius 3 is 2.10 bits per heavy atom. The van der Waals surface area contributed by atoms with E-state index >= 15 is 0 Å². The molecule has 0 amide bonds. The summed E-state index contributed by atoms with van der Waals surface area (Å²) in [6.07, 6.45) is 1.98. The van der Waals surface area contributed by atoms with Gasteiger partial charge in [-0.25, -0.2) is 4.99 Å². The Labute approximate surface area is 138 Å². The van der Waals surface area contributed by atoms with Gasteiger partial charge in [-0.2, -0.15) is 0 Å². The van der Waals surface area contributed by atoms with Crippen molar-refractivity contribution < 1.29 is 0 Å². The van der Waals surface area contributed by atoms with Gasteiger partial charge in [0.05, 0.1) is 10.7 Å². The summed E-state index contributed by atoms with van der Waals surface area (Å²) >= 11 is 9.91. The second-order valence-corrected chi connectivity index (χ2v) is 5.52. The van der Waals surface area contributed by atoms with Crippen molar-refractivity contribution in [1.29, 1.82) is 0 Å². The van der Waals surface area contributed by atoms with E-state index in [1.165, 1.54) is 0 Å². The molecule has 0 rings (SSSR count). The van der Waals surface area contributed by atoms with Crippen LogP contribution in [0, 0.1) is 0 Å². The molecule has 0 saturated carbocycles. The SMILES string of the molecule is CNCC(CNC)(CNC)NC(=S)NCCCCN=C=S. The molecule has 0 unspecified atom stereocenters. The monoisotopic (exact) mass is 332 g/mol. The smallest absolute Gasteiger partial charge is 0.166 e. The van der Waals surface area contributed by atoms with Crippen LogP contribution in [-0.2, 0) is 0 Å². The summed E-state index contributed by atoms with van der Waals surface area (Å²) in [6.45, 7) is 3.97. The third-order valence-electron chi connectivity index (χ3n) is 2.97. The molecule has 0 atom stereocenters. The third-order valence-corrected chi connectivity index (χ3v) is 3.35. The Kier molecular flexibility index (Phi) is 12.7. The van der Waals surface area contributed by atoms with Crippen molar-refractivity contribution in [3.05, 3.63) is 0 Å². The predicted octanol–water partition coefficient (Wildman–Crippen LogP) is -0.269. The van der Waals surface area contributed by atoms with Crippen LogP contribution in [0.5, 0.6) is 0 Å². The number of unbranched alkanes of at least 4 members (excludes halogenated alkanes) is 1. The van der Waals surface area contributed by atoms with Gasteiger partial charge < -0.3 is 26.6 Å². The van der Waals surface area contributed by atoms with Gasteiger partial charge in [-0.15, -0.1) is 0 Å². The predicted molar refractivity (Wildman–Crippen MR) is 97.4 cm³/mol. The molecule has 0 radical (unpaired) electrons. The fraction of sp³-hybridized carbons (Fsp3) is 0.846. The second-order valence-electron chi connectivity index (χ2n) is 4.93. The third kappa shape index (κ3) is 9.84. The molecule has 0 aromatic carbocycles. The lowest BCUT2D eigenvalue weighted by atomic mass is 9.99. The van der Waals surface area contributed by atoms with Gasteiger partial charge in [-0.3, -0.25) is 0 Å². The minimum absolute atomic E-state index is 0.163. The zero-order chi connectivity index (χ0) is 16.0. The number of isothiocyanates is 1. The zero-order valence-electron chi connectivity index (χ0n) is 13.2. The summed E-state index contributed by atoms with van der Waals surface area (Å²) in [5.74, 6) is 0. The maximum atomic E-state index is 5.39. The molecule has 21 heavy (non-hydrogen) atoms. The molecule has 0 heterocycles. The van der Waals surface area contributed by atoms with Gasteiger partial charge in [0.2, 0.25) is 0 Å². The van der Waals surface area contributed by atoms with E-state index in [0.29, 0.717) is 5.11 Å². The fourth-order valence-corrected chi connectivity index (χ4v) is 2.59. The summed E-state index contributed by atoms with van der Waals surface area (Å²) in [6, 6.07) is 0. The molecule has 0 aliphatic rings. The quantitative estimate of drug-likeness (QED) is 0.191. The lowest BCUT2D eigenvalue weighted by molar-refractivity contribution is 0.341. The Bertz CT molecular complexity index is 314. The van der Waals surface area contributed by atoms with E-state index < -0.39 is 0 Å². The van der Waals surface area contributed by atoms with Gasteiger partial charge in [-0.1, -0.05) is 0 Å². The first-order chi connectivity index (χ1) is 10.1. The molecule has 6 nitrogen and oxygen atoms in total. The molecular formula is C13H28N6S2. The van der Waals surface area contributed by atoms with Crippen LogP contribution in [0.3, 0.4) is 0 Å². The standard InChI is InChI=1S/C13H28N6S2/c1-14-8-13(9-15-2,10-16-3)19-12(21)18-7-5-4-6-17-11-20/h14-16H,4-10H2,1-3H3,(H2,18,19,21). The van der Waals surface area contributed by atoms with E-state index in [-0.39, 0.29) is 5.54 Å². The number of nitrogens with one attached hydrogen (secondary N) is 5. The highest BCUT2D eigenvalue weighted by atomic mass is 32.1. The van der Waals surface area contributed by atoms with Gasteiger partial charge in [-0.05, 0) is 58.4 Å². The number of hydrogen-bond donors (Lipinski definition) is 5. The molecule has 122 valence electrons. The van der Waals surface area contributed by atoms with Crippen molar-refractivity contribution in [3.63, 3.8) is 0 Å². The van der Waals surface area contributed by atoms with Crippen molar-refractivity contribution >= 4 is 34.7 Å². The number of likely N-dealkylation sites (N-methyl/N-ethyl adjacent to an activating group) is 3. The number of thiocarbonyl (C=S) groups is 2. The van der Waals surface area contributed by atoms with Crippen molar-refractivity contribution in [2.75, 3.05) is 53.9 Å². The Morgan fingerprint density at radius 1 is 1.05 bits per heavy atom. The first-order valence-corrected chi connectivity index (χ1v) is 7.99. The number of rotatable bonds is 12. The number of nitrogens with zero attached hydrogens (tertiary/aromatic N) is 1. The molecule has 0 bridgehead atoms. The van der Waals surface area contributed by atoms with Crippen LogP contribution in [0.15, 0.2) is 4.99 Å². The second kappa shape index (κ2) is 13.1. The van der Waals surface area contributed by atoms with E-state index in [1.807, 2.05) is 21.1 Å². The summed E-state index contributed by atoms with van der Waals surface area (Å²) < 4.78 is 0. The molecule has 0 aromatic rings. The van der Waals surface area contributed by atoms with Gasteiger partial charge in [0, 0.05) is 32.7 Å². The van der Waals surface area contributed by atoms with Crippen molar-refractivity contribution in [2.45, 2.75) is 18.4 Å². The lowest BCUT2D eigenvalue weighted by Crippen LogP contribution is -2.65. The normalized spacial score (nSPS) is 10.8. The summed E-state index contributed by atoms with van der Waals surface area (Å²) in [5, 5.41) is 19.3. The van der Waals surface area contributed by atoms with Gasteiger partial charge >= 0.3 is 0 Å². The van der Waals surface area contributed by atoms with E-state index in [4.69, 9.17) is 12.2 Å². The van der Waals surface area contributed by atoms with Crippen molar-refractivity contribution in [3.8, 4) is 0 Å². The topological polar surface area (TPSA) is 72.5 Å². The molecule has 0 saturated heterocycles. The van der Waals surface area contributed by atoms with Crippen LogP contribution in [0.1, 0.15) is 12.8 Å². The van der Waals surface area contributed by atoms with Crippen LogP contribution in [0.25, 0.3) is 0 Å². The van der Waals surface area contributed by atoms with Crippen LogP contribution in [-0.4, -0.2) is 69.7 Å². The zero-order valence-corrected chi connectivity index (χ0v) is 14.8. The van der Waals surface area contributed by atoms with Crippen molar-refractivity contribution in [2.24, 2.45) is 4.99 Å². The first kappa shape index (κ1) is 20.4. The van der Waals surface area contributed by atoms with Crippen LogP contribution >= 0.6 is 24.4 Å². The molecule has 0 aliphatic heterocycles. The minimum Gasteiger partial charge on any atom is -0.363 e. The van der Waals surface area contributed by atoms with Crippen molar-refractivity contribution in [1.82, 2.24) is 26.6 Å². The van der Waals surface area contributed by atoms with Crippen LogP contribution in [0.4, 0.5) is 0 Å². The molecular weight excluding hydrogens is 304 g/mol. The molecule has 0 fully saturated rings. The largest absolute Gasteiger partial charge is 0.363 e. The van der Waals surface area contributed by atoms with E-state index in [9.17, 15) is 0 Å². The Hall–Kier alpha value is -0.630. The summed E-state index contributed by atoms with van der Waals surface area (Å²) in [4.78, 5) is 3.88. The average molecular weight is 333 g/mol. The van der Waals surface area contributed by atoms with E-state index in [1.54, 1.807) is 0 Å². The molecule has 0 aromatic heterocycles. The summed E-state index contributed by atoms with van der Waals surface area (Å²) in [7, 11) is 5.82. The van der Waals surface area contributed by atoms with E-state index in [0.717, 1.165) is 45.6 Å². The van der Waals surface area contributed by atoms with Gasteiger partial charge in [0.1, 0.15) is 0 Å². The highest BCUT2D eigenvalue weighted by Gasteiger charge is 2.28. The van der Waals surface area contributed by atoms with Crippen LogP contribution < -0.4 is 26.6 Å². The molecule has 8 heteroatoms. The molecule has 0 aliphatic carbocycles. The molecule has 5 N–H and O–H groups in total. The van der Waals surface area contributed by atoms with Gasteiger partial charge in [0.25, 0.3) is 0 Å². The highest BCUT2D eigenvalue weighted by molar-refractivity contribution is 7.80. The first-order valence-electron chi connectivity index (χ1n) is 7.17. The van der Waals surface area contributed by atoms with E-state index in [2.05, 4.69) is 49.0 Å². The Morgan fingerprint density at radius 2 is 1.62 bits per heavy atom. The van der Waals surface area contributed by atoms with Gasteiger partial charge in [0.15, 0.2) is 5.11 Å². The maximum Gasteiger partial charge on any atom is 0.166 e.